The average molecular weight is 343 g/mol. The van der Waals surface area contributed by atoms with Gasteiger partial charge in [-0.3, -0.25) is 0 Å². The lowest BCUT2D eigenvalue weighted by molar-refractivity contribution is 0.455. The quantitative estimate of drug-likeness (QED) is 0.313. The SMILES string of the molecule is C=CCCCCCc1cc(C(C)(C)C)cc(CCCCCC=C)c1O. The van der Waals surface area contributed by atoms with Crippen LogP contribution in [0.15, 0.2) is 37.4 Å². The highest BCUT2D eigenvalue weighted by atomic mass is 16.3. The minimum atomic E-state index is 0.114. The summed E-state index contributed by atoms with van der Waals surface area (Å²) in [6.07, 6.45) is 15.1. The molecule has 25 heavy (non-hydrogen) atoms. The Hall–Kier alpha value is -1.50. The first-order chi connectivity index (χ1) is 11.9. The normalized spacial score (nSPS) is 11.5. The molecule has 0 spiro atoms. The van der Waals surface area contributed by atoms with E-state index in [9.17, 15) is 5.11 Å². The molecule has 0 bridgehead atoms. The first kappa shape index (κ1) is 21.5. The molecule has 1 heteroatoms. The van der Waals surface area contributed by atoms with E-state index in [4.69, 9.17) is 0 Å². The number of aromatic hydroxyl groups is 1. The monoisotopic (exact) mass is 342 g/mol. The van der Waals surface area contributed by atoms with E-state index in [0.717, 1.165) is 49.7 Å². The van der Waals surface area contributed by atoms with Gasteiger partial charge in [0.15, 0.2) is 0 Å². The van der Waals surface area contributed by atoms with Crippen LogP contribution in [0.1, 0.15) is 88.8 Å². The molecule has 0 fully saturated rings. The zero-order chi connectivity index (χ0) is 18.7. The minimum Gasteiger partial charge on any atom is -0.507 e. The van der Waals surface area contributed by atoms with Crippen molar-refractivity contribution in [2.24, 2.45) is 0 Å². The fourth-order valence-corrected chi connectivity index (χ4v) is 3.14. The molecule has 0 aliphatic heterocycles. The Morgan fingerprint density at radius 3 is 1.60 bits per heavy atom. The Labute approximate surface area is 155 Å². The van der Waals surface area contributed by atoms with E-state index in [2.05, 4.69) is 46.1 Å². The van der Waals surface area contributed by atoms with Crippen LogP contribution in [0.3, 0.4) is 0 Å². The summed E-state index contributed by atoms with van der Waals surface area (Å²) in [6, 6.07) is 4.45. The van der Waals surface area contributed by atoms with E-state index in [-0.39, 0.29) is 5.41 Å². The van der Waals surface area contributed by atoms with E-state index in [1.165, 1.54) is 31.2 Å². The van der Waals surface area contributed by atoms with Crippen molar-refractivity contribution < 1.29 is 5.11 Å². The Bertz CT molecular complexity index is 495. The second-order valence-corrected chi connectivity index (χ2v) is 8.17. The second kappa shape index (κ2) is 11.2. The average Bonchev–Trinajstić information content (AvgIpc) is 2.56. The molecular formula is C24H38O. The van der Waals surface area contributed by atoms with Gasteiger partial charge in [0.1, 0.15) is 5.75 Å². The maximum atomic E-state index is 10.8. The van der Waals surface area contributed by atoms with Crippen LogP contribution in [0, 0.1) is 0 Å². The Kier molecular flexibility index (Phi) is 9.63. The predicted octanol–water partition coefficient (Wildman–Crippen LogP) is 7.27. The molecule has 0 heterocycles. The number of benzene rings is 1. The number of unbranched alkanes of at least 4 members (excludes halogenated alkanes) is 6. The van der Waals surface area contributed by atoms with Gasteiger partial charge in [0, 0.05) is 0 Å². The third-order valence-corrected chi connectivity index (χ3v) is 4.84. The number of phenolic OH excluding ortho intramolecular Hbond substituents is 1. The number of aryl methyl sites for hydroxylation is 2. The summed E-state index contributed by atoms with van der Waals surface area (Å²) in [5, 5.41) is 10.8. The highest BCUT2D eigenvalue weighted by molar-refractivity contribution is 5.46. The van der Waals surface area contributed by atoms with Crippen molar-refractivity contribution in [2.75, 3.05) is 0 Å². The molecule has 0 amide bonds. The van der Waals surface area contributed by atoms with Crippen LogP contribution in [0.4, 0.5) is 0 Å². The van der Waals surface area contributed by atoms with Gasteiger partial charge in [0.05, 0.1) is 0 Å². The molecule has 1 aromatic carbocycles. The molecule has 1 nitrogen and oxygen atoms in total. The van der Waals surface area contributed by atoms with Crippen LogP contribution >= 0.6 is 0 Å². The first-order valence-corrected chi connectivity index (χ1v) is 9.97. The first-order valence-electron chi connectivity index (χ1n) is 9.97. The van der Waals surface area contributed by atoms with Crippen LogP contribution in [0.2, 0.25) is 0 Å². The molecule has 0 aliphatic carbocycles. The molecule has 140 valence electrons. The van der Waals surface area contributed by atoms with Gasteiger partial charge < -0.3 is 5.11 Å². The van der Waals surface area contributed by atoms with Gasteiger partial charge in [-0.25, -0.2) is 0 Å². The highest BCUT2D eigenvalue weighted by Gasteiger charge is 2.18. The van der Waals surface area contributed by atoms with Gasteiger partial charge in [-0.15, -0.1) is 13.2 Å². The Morgan fingerprint density at radius 1 is 0.800 bits per heavy atom. The third kappa shape index (κ3) is 7.94. The smallest absolute Gasteiger partial charge is 0.121 e. The van der Waals surface area contributed by atoms with E-state index < -0.39 is 0 Å². The highest BCUT2D eigenvalue weighted by Crippen LogP contribution is 2.33. The van der Waals surface area contributed by atoms with Gasteiger partial charge in [-0.1, -0.05) is 57.9 Å². The summed E-state index contributed by atoms with van der Waals surface area (Å²) in [5.74, 6) is 0.542. The molecule has 1 aromatic rings. The number of rotatable bonds is 12. The summed E-state index contributed by atoms with van der Waals surface area (Å²) >= 11 is 0. The summed E-state index contributed by atoms with van der Waals surface area (Å²) in [5.41, 5.74) is 3.72. The van der Waals surface area contributed by atoms with E-state index in [1.807, 2.05) is 12.2 Å². The van der Waals surface area contributed by atoms with E-state index in [1.54, 1.807) is 0 Å². The summed E-state index contributed by atoms with van der Waals surface area (Å²) in [7, 11) is 0. The Balaban J connectivity index is 2.81. The summed E-state index contributed by atoms with van der Waals surface area (Å²) < 4.78 is 0. The summed E-state index contributed by atoms with van der Waals surface area (Å²) in [4.78, 5) is 0. The lowest BCUT2D eigenvalue weighted by Gasteiger charge is -2.22. The van der Waals surface area contributed by atoms with Gasteiger partial charge in [0.25, 0.3) is 0 Å². The van der Waals surface area contributed by atoms with Crippen LogP contribution in [0.5, 0.6) is 5.75 Å². The molecule has 0 saturated heterocycles. The molecule has 0 unspecified atom stereocenters. The fraction of sp³-hybridized carbons (Fsp3) is 0.583. The minimum absolute atomic E-state index is 0.114. The van der Waals surface area contributed by atoms with Gasteiger partial charge >= 0.3 is 0 Å². The van der Waals surface area contributed by atoms with Crippen molar-refractivity contribution in [3.8, 4) is 5.75 Å². The lowest BCUT2D eigenvalue weighted by Crippen LogP contribution is -2.12. The summed E-state index contributed by atoms with van der Waals surface area (Å²) in [6.45, 7) is 14.3. The van der Waals surface area contributed by atoms with E-state index in [0.29, 0.717) is 5.75 Å². The third-order valence-electron chi connectivity index (χ3n) is 4.84. The van der Waals surface area contributed by atoms with Crippen molar-refractivity contribution in [2.45, 2.75) is 90.4 Å². The molecular weight excluding hydrogens is 304 g/mol. The molecule has 1 rings (SSSR count). The van der Waals surface area contributed by atoms with Gasteiger partial charge in [0.2, 0.25) is 0 Å². The molecule has 1 N–H and O–H groups in total. The van der Waals surface area contributed by atoms with Crippen molar-refractivity contribution in [1.82, 2.24) is 0 Å². The molecule has 0 aliphatic rings. The Morgan fingerprint density at radius 2 is 1.24 bits per heavy atom. The van der Waals surface area contributed by atoms with Crippen LogP contribution in [0.25, 0.3) is 0 Å². The van der Waals surface area contributed by atoms with Crippen LogP contribution < -0.4 is 0 Å². The van der Waals surface area contributed by atoms with E-state index >= 15 is 0 Å². The maximum absolute atomic E-state index is 10.8. The van der Waals surface area contributed by atoms with Crippen LogP contribution in [-0.2, 0) is 18.3 Å². The zero-order valence-corrected chi connectivity index (χ0v) is 16.7. The lowest BCUT2D eigenvalue weighted by atomic mass is 9.83. The second-order valence-electron chi connectivity index (χ2n) is 8.17. The molecule has 0 atom stereocenters. The fourth-order valence-electron chi connectivity index (χ4n) is 3.14. The van der Waals surface area contributed by atoms with Gasteiger partial charge in [-0.2, -0.15) is 0 Å². The number of hydrogen-bond donors (Lipinski definition) is 1. The molecule has 0 radical (unpaired) electrons. The van der Waals surface area contributed by atoms with Crippen molar-refractivity contribution in [3.63, 3.8) is 0 Å². The number of phenols is 1. The number of hydrogen-bond acceptors (Lipinski definition) is 1. The van der Waals surface area contributed by atoms with Crippen LogP contribution in [-0.4, -0.2) is 5.11 Å². The largest absolute Gasteiger partial charge is 0.507 e. The zero-order valence-electron chi connectivity index (χ0n) is 16.7. The maximum Gasteiger partial charge on any atom is 0.121 e. The molecule has 0 saturated carbocycles. The van der Waals surface area contributed by atoms with Crippen molar-refractivity contribution >= 4 is 0 Å². The predicted molar refractivity (Wildman–Crippen MR) is 112 cm³/mol. The standard InChI is InChI=1S/C24H38O/c1-6-8-10-12-14-16-20-18-22(24(3,4)5)19-21(23(20)25)17-15-13-11-9-7-2/h6-7,18-19,25H,1-2,8-17H2,3-5H3. The van der Waals surface area contributed by atoms with Crippen molar-refractivity contribution in [1.29, 1.82) is 0 Å². The van der Waals surface area contributed by atoms with Gasteiger partial charge in [-0.05, 0) is 73.5 Å². The van der Waals surface area contributed by atoms with Crippen molar-refractivity contribution in [3.05, 3.63) is 54.1 Å². The topological polar surface area (TPSA) is 20.2 Å². The molecule has 0 aromatic heterocycles. The number of allylic oxidation sites excluding steroid dienone is 2.